The number of hydrogen-bond donors (Lipinski definition) is 0. The van der Waals surface area contributed by atoms with E-state index >= 15 is 0 Å². The van der Waals surface area contributed by atoms with E-state index in [2.05, 4.69) is 31.9 Å². The summed E-state index contributed by atoms with van der Waals surface area (Å²) in [6.45, 7) is 2.72. The second kappa shape index (κ2) is 6.37. The number of halogens is 2. The first-order valence-electron chi connectivity index (χ1n) is 5.97. The third kappa shape index (κ3) is 3.20. The summed E-state index contributed by atoms with van der Waals surface area (Å²) in [5.74, 6) is -0.407. The summed E-state index contributed by atoms with van der Waals surface area (Å²) in [6.07, 6.45) is 1.52. The fourth-order valence-corrected chi connectivity index (χ4v) is 4.08. The van der Waals surface area contributed by atoms with Gasteiger partial charge < -0.3 is 9.64 Å². The summed E-state index contributed by atoms with van der Waals surface area (Å²) in [6, 6.07) is 1.34. The lowest BCUT2D eigenvalue weighted by Gasteiger charge is -2.22. The first kappa shape index (κ1) is 15.0. The zero-order chi connectivity index (χ0) is 14.0. The van der Waals surface area contributed by atoms with Crippen molar-refractivity contribution in [2.75, 3.05) is 13.2 Å². The molecule has 2 heterocycles. The highest BCUT2D eigenvalue weighted by atomic mass is 79.9. The molecule has 1 saturated heterocycles. The minimum Gasteiger partial charge on any atom is -0.464 e. The monoisotopic (exact) mass is 409 g/mol. The Kier molecular flexibility index (Phi) is 5.03. The molecule has 2 rings (SSSR count). The van der Waals surface area contributed by atoms with Crippen molar-refractivity contribution >= 4 is 55.1 Å². The van der Waals surface area contributed by atoms with Gasteiger partial charge in [-0.05, 0) is 57.7 Å². The summed E-state index contributed by atoms with van der Waals surface area (Å²) in [7, 11) is 0. The van der Waals surface area contributed by atoms with Gasteiger partial charge in [0.05, 0.1) is 15.3 Å². The minimum absolute atomic E-state index is 0.105. The molecule has 0 aromatic carbocycles. The molecule has 104 valence electrons. The van der Waals surface area contributed by atoms with Crippen LogP contribution in [0.25, 0.3) is 0 Å². The van der Waals surface area contributed by atoms with Crippen molar-refractivity contribution in [3.8, 4) is 0 Å². The van der Waals surface area contributed by atoms with E-state index in [1.54, 1.807) is 17.9 Å². The highest BCUT2D eigenvalue weighted by Gasteiger charge is 2.36. The van der Waals surface area contributed by atoms with Gasteiger partial charge in [-0.15, -0.1) is 11.3 Å². The molecule has 4 nitrogen and oxygen atoms in total. The fourth-order valence-electron chi connectivity index (χ4n) is 2.09. The minimum atomic E-state index is -0.438. The Bertz CT molecular complexity index is 484. The molecular formula is C12H13Br2NO3S. The van der Waals surface area contributed by atoms with E-state index in [-0.39, 0.29) is 11.9 Å². The number of carbonyl (C=O) groups excluding carboxylic acids is 2. The van der Waals surface area contributed by atoms with Crippen molar-refractivity contribution in [1.29, 1.82) is 0 Å². The second-order valence-corrected chi connectivity index (χ2v) is 7.37. The molecule has 1 aliphatic rings. The fraction of sp³-hybridized carbons (Fsp3) is 0.500. The number of carbonyl (C=O) groups is 2. The van der Waals surface area contributed by atoms with Gasteiger partial charge in [0.25, 0.3) is 5.91 Å². The maximum absolute atomic E-state index is 12.4. The highest BCUT2D eigenvalue weighted by Crippen LogP contribution is 2.34. The van der Waals surface area contributed by atoms with Gasteiger partial charge in [-0.1, -0.05) is 0 Å². The van der Waals surface area contributed by atoms with Crippen molar-refractivity contribution in [3.63, 3.8) is 0 Å². The van der Waals surface area contributed by atoms with Crippen LogP contribution in [0.4, 0.5) is 0 Å². The van der Waals surface area contributed by atoms with Crippen LogP contribution < -0.4 is 0 Å². The highest BCUT2D eigenvalue weighted by molar-refractivity contribution is 9.13. The molecule has 0 spiro atoms. The van der Waals surface area contributed by atoms with E-state index in [1.165, 1.54) is 11.3 Å². The zero-order valence-corrected chi connectivity index (χ0v) is 14.3. The van der Waals surface area contributed by atoms with Gasteiger partial charge >= 0.3 is 5.97 Å². The zero-order valence-electron chi connectivity index (χ0n) is 10.3. The molecule has 1 unspecified atom stereocenters. The lowest BCUT2D eigenvalue weighted by molar-refractivity contribution is -0.147. The number of esters is 1. The van der Waals surface area contributed by atoms with Gasteiger partial charge in [-0.2, -0.15) is 0 Å². The van der Waals surface area contributed by atoms with Crippen LogP contribution >= 0.6 is 43.2 Å². The molecule has 19 heavy (non-hydrogen) atoms. The molecule has 0 saturated carbocycles. The van der Waals surface area contributed by atoms with Crippen LogP contribution in [0.5, 0.6) is 0 Å². The molecule has 1 amide bonds. The van der Waals surface area contributed by atoms with E-state index in [4.69, 9.17) is 4.74 Å². The van der Waals surface area contributed by atoms with Gasteiger partial charge in [0, 0.05) is 11.0 Å². The molecule has 1 atom stereocenters. The number of rotatable bonds is 3. The van der Waals surface area contributed by atoms with Crippen LogP contribution in [-0.2, 0) is 9.53 Å². The first-order valence-corrected chi connectivity index (χ1v) is 8.37. The topological polar surface area (TPSA) is 46.6 Å². The average molecular weight is 411 g/mol. The predicted octanol–water partition coefficient (Wildman–Crippen LogP) is 3.44. The molecule has 1 aromatic heterocycles. The van der Waals surface area contributed by atoms with Crippen LogP contribution in [0.3, 0.4) is 0 Å². The van der Waals surface area contributed by atoms with Gasteiger partial charge in [0.2, 0.25) is 0 Å². The van der Waals surface area contributed by atoms with Crippen molar-refractivity contribution < 1.29 is 14.3 Å². The van der Waals surface area contributed by atoms with Crippen LogP contribution in [0.15, 0.2) is 14.3 Å². The Morgan fingerprint density at radius 1 is 1.53 bits per heavy atom. The Morgan fingerprint density at radius 2 is 2.26 bits per heavy atom. The molecule has 1 fully saturated rings. The molecule has 1 aliphatic heterocycles. The Morgan fingerprint density at radius 3 is 2.84 bits per heavy atom. The molecule has 0 radical (unpaired) electrons. The average Bonchev–Trinajstić information content (AvgIpc) is 2.97. The summed E-state index contributed by atoms with van der Waals surface area (Å²) >= 11 is 8.10. The molecule has 1 aromatic rings. The first-order chi connectivity index (χ1) is 9.04. The third-order valence-corrected chi connectivity index (χ3v) is 6.17. The second-order valence-electron chi connectivity index (χ2n) is 4.14. The van der Waals surface area contributed by atoms with Crippen LogP contribution in [0.2, 0.25) is 0 Å². The van der Waals surface area contributed by atoms with Crippen LogP contribution in [0, 0.1) is 0 Å². The number of amides is 1. The summed E-state index contributed by atoms with van der Waals surface area (Å²) in [4.78, 5) is 26.5. The van der Waals surface area contributed by atoms with E-state index in [1.807, 2.05) is 0 Å². The number of nitrogens with zero attached hydrogens (tertiary/aromatic N) is 1. The summed E-state index contributed by atoms with van der Waals surface area (Å²) in [5, 5.41) is 0. The van der Waals surface area contributed by atoms with E-state index in [9.17, 15) is 9.59 Å². The molecular weight excluding hydrogens is 398 g/mol. The van der Waals surface area contributed by atoms with Crippen molar-refractivity contribution in [2.45, 2.75) is 25.8 Å². The third-order valence-electron chi connectivity index (χ3n) is 2.93. The van der Waals surface area contributed by atoms with Crippen LogP contribution in [0.1, 0.15) is 29.4 Å². The lowest BCUT2D eigenvalue weighted by Crippen LogP contribution is -2.41. The normalized spacial score (nSPS) is 18.7. The Labute approximate surface area is 132 Å². The van der Waals surface area contributed by atoms with E-state index in [0.29, 0.717) is 24.4 Å². The Hall–Kier alpha value is -0.400. The van der Waals surface area contributed by atoms with Gasteiger partial charge in [0.1, 0.15) is 6.04 Å². The number of likely N-dealkylation sites (tertiary alicyclic amines) is 1. The molecule has 7 heteroatoms. The van der Waals surface area contributed by atoms with Gasteiger partial charge in [0.15, 0.2) is 0 Å². The Balaban J connectivity index is 2.15. The number of thiophene rings is 1. The molecule has 0 N–H and O–H groups in total. The van der Waals surface area contributed by atoms with Crippen molar-refractivity contribution in [1.82, 2.24) is 4.90 Å². The van der Waals surface area contributed by atoms with Crippen molar-refractivity contribution in [2.24, 2.45) is 0 Å². The largest absolute Gasteiger partial charge is 0.464 e. The summed E-state index contributed by atoms with van der Waals surface area (Å²) < 4.78 is 6.75. The lowest BCUT2D eigenvalue weighted by atomic mass is 10.2. The predicted molar refractivity (Wildman–Crippen MR) is 80.4 cm³/mol. The SMILES string of the molecule is CCOC(=O)C1CCCN1C(=O)c1cc(Br)c(Br)s1. The van der Waals surface area contributed by atoms with E-state index in [0.717, 1.165) is 14.7 Å². The smallest absolute Gasteiger partial charge is 0.328 e. The quantitative estimate of drug-likeness (QED) is 0.717. The maximum atomic E-state index is 12.4. The standard InChI is InChI=1S/C12H13Br2NO3S/c1-2-18-12(17)8-4-3-5-15(8)11(16)9-6-7(13)10(14)19-9/h6,8H,2-5H2,1H3. The van der Waals surface area contributed by atoms with Crippen LogP contribution in [-0.4, -0.2) is 36.0 Å². The van der Waals surface area contributed by atoms with Gasteiger partial charge in [-0.3, -0.25) is 4.79 Å². The number of ether oxygens (including phenoxy) is 1. The number of hydrogen-bond acceptors (Lipinski definition) is 4. The molecule has 0 aliphatic carbocycles. The van der Waals surface area contributed by atoms with Gasteiger partial charge in [-0.25, -0.2) is 4.79 Å². The maximum Gasteiger partial charge on any atom is 0.328 e. The molecule has 0 bridgehead atoms. The summed E-state index contributed by atoms with van der Waals surface area (Å²) in [5.41, 5.74) is 0. The van der Waals surface area contributed by atoms with E-state index < -0.39 is 6.04 Å². The van der Waals surface area contributed by atoms with Crippen molar-refractivity contribution in [3.05, 3.63) is 19.2 Å².